The molecule has 100 valence electrons. The highest BCUT2D eigenvalue weighted by molar-refractivity contribution is 5.89. The van der Waals surface area contributed by atoms with Gasteiger partial charge in [-0.1, -0.05) is 6.07 Å². The van der Waals surface area contributed by atoms with E-state index in [1.54, 1.807) is 42.5 Å². The zero-order valence-electron chi connectivity index (χ0n) is 11.0. The lowest BCUT2D eigenvalue weighted by Crippen LogP contribution is -2.30. The van der Waals surface area contributed by atoms with Crippen molar-refractivity contribution in [2.45, 2.75) is 13.5 Å². The molecular weight excluding hydrogens is 242 g/mol. The van der Waals surface area contributed by atoms with E-state index in [1.807, 2.05) is 13.0 Å². The number of nitrogens with two attached hydrogens (primary N) is 1. The number of nitrogens with one attached hydrogen (secondary N) is 1. The summed E-state index contributed by atoms with van der Waals surface area (Å²) in [5.41, 5.74) is 7.95. The molecule has 0 atom stereocenters. The minimum Gasteiger partial charge on any atom is -0.469 e. The number of hydrogen-bond acceptors (Lipinski definition) is 3. The standard InChI is InChI=1S/C14H17N3O2/c1-10-11(6-7-19-10)9-17(2)14(18)16-13-5-3-4-12(15)8-13/h3-8H,9,15H2,1-2H3,(H,16,18). The Kier molecular flexibility index (Phi) is 3.75. The molecule has 1 aromatic heterocycles. The first-order valence-electron chi connectivity index (χ1n) is 5.97. The molecule has 2 aromatic rings. The number of urea groups is 1. The lowest BCUT2D eigenvalue weighted by Gasteiger charge is -2.17. The second-order valence-corrected chi connectivity index (χ2v) is 4.41. The summed E-state index contributed by atoms with van der Waals surface area (Å²) < 4.78 is 5.20. The van der Waals surface area contributed by atoms with E-state index in [0.29, 0.717) is 17.9 Å². The van der Waals surface area contributed by atoms with E-state index < -0.39 is 0 Å². The van der Waals surface area contributed by atoms with Crippen LogP contribution in [-0.4, -0.2) is 18.0 Å². The number of aryl methyl sites for hydroxylation is 1. The van der Waals surface area contributed by atoms with Crippen LogP contribution in [-0.2, 0) is 6.54 Å². The fourth-order valence-electron chi connectivity index (χ4n) is 1.74. The Bertz CT molecular complexity index is 578. The molecule has 19 heavy (non-hydrogen) atoms. The molecule has 0 fully saturated rings. The lowest BCUT2D eigenvalue weighted by atomic mass is 10.2. The zero-order valence-corrected chi connectivity index (χ0v) is 11.0. The molecule has 0 spiro atoms. The molecule has 3 N–H and O–H groups in total. The SMILES string of the molecule is Cc1occc1CN(C)C(=O)Nc1cccc(N)c1. The van der Waals surface area contributed by atoms with Crippen molar-refractivity contribution in [2.75, 3.05) is 18.1 Å². The van der Waals surface area contributed by atoms with Crippen LogP contribution in [0.1, 0.15) is 11.3 Å². The normalized spacial score (nSPS) is 10.2. The Morgan fingerprint density at radius 1 is 1.42 bits per heavy atom. The molecule has 5 heteroatoms. The topological polar surface area (TPSA) is 71.5 Å². The Morgan fingerprint density at radius 2 is 2.21 bits per heavy atom. The summed E-state index contributed by atoms with van der Waals surface area (Å²) >= 11 is 0. The third-order valence-corrected chi connectivity index (χ3v) is 2.86. The molecular formula is C14H17N3O2. The number of benzene rings is 1. The van der Waals surface area contributed by atoms with Crippen molar-refractivity contribution in [1.29, 1.82) is 0 Å². The number of anilines is 2. The first-order chi connectivity index (χ1) is 9.06. The molecule has 2 amide bonds. The quantitative estimate of drug-likeness (QED) is 0.832. The minimum absolute atomic E-state index is 0.189. The van der Waals surface area contributed by atoms with E-state index in [0.717, 1.165) is 11.3 Å². The van der Waals surface area contributed by atoms with Crippen LogP contribution in [0.15, 0.2) is 41.0 Å². The second-order valence-electron chi connectivity index (χ2n) is 4.41. The van der Waals surface area contributed by atoms with Gasteiger partial charge in [0.2, 0.25) is 0 Å². The highest BCUT2D eigenvalue weighted by Crippen LogP contribution is 2.14. The minimum atomic E-state index is -0.189. The van der Waals surface area contributed by atoms with Crippen molar-refractivity contribution in [3.8, 4) is 0 Å². The molecule has 2 rings (SSSR count). The fourth-order valence-corrected chi connectivity index (χ4v) is 1.74. The number of rotatable bonds is 3. The van der Waals surface area contributed by atoms with Gasteiger partial charge in [-0.25, -0.2) is 4.79 Å². The van der Waals surface area contributed by atoms with Crippen LogP contribution in [0.5, 0.6) is 0 Å². The molecule has 5 nitrogen and oxygen atoms in total. The molecule has 0 aliphatic carbocycles. The van der Waals surface area contributed by atoms with Gasteiger partial charge < -0.3 is 20.4 Å². The summed E-state index contributed by atoms with van der Waals surface area (Å²) in [6, 6.07) is 8.75. The Labute approximate surface area is 112 Å². The van der Waals surface area contributed by atoms with Crippen LogP contribution < -0.4 is 11.1 Å². The van der Waals surface area contributed by atoms with Crippen molar-refractivity contribution in [3.05, 3.63) is 47.9 Å². The zero-order chi connectivity index (χ0) is 13.8. The Balaban J connectivity index is 1.98. The summed E-state index contributed by atoms with van der Waals surface area (Å²) in [4.78, 5) is 13.6. The van der Waals surface area contributed by atoms with Crippen LogP contribution in [0.4, 0.5) is 16.2 Å². The Hall–Kier alpha value is -2.43. The largest absolute Gasteiger partial charge is 0.469 e. The van der Waals surface area contributed by atoms with E-state index in [1.165, 1.54) is 0 Å². The van der Waals surface area contributed by atoms with Crippen LogP contribution in [0.25, 0.3) is 0 Å². The summed E-state index contributed by atoms with van der Waals surface area (Å²) in [5, 5.41) is 2.79. The van der Waals surface area contributed by atoms with E-state index in [-0.39, 0.29) is 6.03 Å². The van der Waals surface area contributed by atoms with Crippen molar-refractivity contribution < 1.29 is 9.21 Å². The average Bonchev–Trinajstić information content (AvgIpc) is 2.75. The van der Waals surface area contributed by atoms with Crippen molar-refractivity contribution in [1.82, 2.24) is 4.90 Å². The maximum Gasteiger partial charge on any atom is 0.321 e. The summed E-state index contributed by atoms with van der Waals surface area (Å²) in [5.74, 6) is 0.823. The molecule has 1 aromatic carbocycles. The molecule has 0 unspecified atom stereocenters. The number of furan rings is 1. The fraction of sp³-hybridized carbons (Fsp3) is 0.214. The van der Waals surface area contributed by atoms with Gasteiger partial charge in [0.15, 0.2) is 0 Å². The molecule has 0 aliphatic heterocycles. The maximum atomic E-state index is 12.0. The van der Waals surface area contributed by atoms with Gasteiger partial charge in [0.1, 0.15) is 5.76 Å². The predicted molar refractivity (Wildman–Crippen MR) is 74.8 cm³/mol. The van der Waals surface area contributed by atoms with E-state index in [4.69, 9.17) is 10.2 Å². The molecule has 1 heterocycles. The van der Waals surface area contributed by atoms with Gasteiger partial charge in [0.05, 0.1) is 12.8 Å². The number of nitrogens with zero attached hydrogens (tertiary/aromatic N) is 1. The highest BCUT2D eigenvalue weighted by Gasteiger charge is 2.11. The molecule has 0 saturated carbocycles. The van der Waals surface area contributed by atoms with Crippen molar-refractivity contribution >= 4 is 17.4 Å². The summed E-state index contributed by atoms with van der Waals surface area (Å²) in [6.45, 7) is 2.37. The van der Waals surface area contributed by atoms with Gasteiger partial charge in [-0.15, -0.1) is 0 Å². The highest BCUT2D eigenvalue weighted by atomic mass is 16.3. The maximum absolute atomic E-state index is 12.0. The third-order valence-electron chi connectivity index (χ3n) is 2.86. The number of carbonyl (C=O) groups excluding carboxylic acids is 1. The van der Waals surface area contributed by atoms with E-state index >= 15 is 0 Å². The number of amides is 2. The average molecular weight is 259 g/mol. The predicted octanol–water partition coefficient (Wildman–Crippen LogP) is 2.83. The monoisotopic (exact) mass is 259 g/mol. The molecule has 0 radical (unpaired) electrons. The number of carbonyl (C=O) groups is 1. The first kappa shape index (κ1) is 13.0. The van der Waals surface area contributed by atoms with Crippen LogP contribution in [0.2, 0.25) is 0 Å². The van der Waals surface area contributed by atoms with E-state index in [2.05, 4.69) is 5.32 Å². The van der Waals surface area contributed by atoms with Crippen molar-refractivity contribution in [2.24, 2.45) is 0 Å². The van der Waals surface area contributed by atoms with Gasteiger partial charge in [-0.05, 0) is 31.2 Å². The number of hydrogen-bond donors (Lipinski definition) is 2. The second kappa shape index (κ2) is 5.48. The van der Waals surface area contributed by atoms with E-state index in [9.17, 15) is 4.79 Å². The van der Waals surface area contributed by atoms with Crippen LogP contribution in [0.3, 0.4) is 0 Å². The number of nitrogen functional groups attached to an aromatic ring is 1. The van der Waals surface area contributed by atoms with Gasteiger partial charge in [0, 0.05) is 24.0 Å². The van der Waals surface area contributed by atoms with Crippen LogP contribution in [0, 0.1) is 6.92 Å². The first-order valence-corrected chi connectivity index (χ1v) is 5.97. The smallest absolute Gasteiger partial charge is 0.321 e. The van der Waals surface area contributed by atoms with Gasteiger partial charge >= 0.3 is 6.03 Å². The molecule has 0 aliphatic rings. The molecule has 0 bridgehead atoms. The van der Waals surface area contributed by atoms with Crippen LogP contribution >= 0.6 is 0 Å². The van der Waals surface area contributed by atoms with Gasteiger partial charge in [0.25, 0.3) is 0 Å². The molecule has 0 saturated heterocycles. The van der Waals surface area contributed by atoms with Gasteiger partial charge in [-0.2, -0.15) is 0 Å². The summed E-state index contributed by atoms with van der Waals surface area (Å²) in [6.07, 6.45) is 1.62. The van der Waals surface area contributed by atoms with Gasteiger partial charge in [-0.3, -0.25) is 0 Å². The Morgan fingerprint density at radius 3 is 2.84 bits per heavy atom. The summed E-state index contributed by atoms with van der Waals surface area (Å²) in [7, 11) is 1.73. The third kappa shape index (κ3) is 3.28. The van der Waals surface area contributed by atoms with Crippen molar-refractivity contribution in [3.63, 3.8) is 0 Å². The lowest BCUT2D eigenvalue weighted by molar-refractivity contribution is 0.220.